The van der Waals surface area contributed by atoms with Crippen LogP contribution in [0.3, 0.4) is 0 Å². The Balaban J connectivity index is 1.94. The number of non-ortho nitro benzene ring substituents is 1. The minimum absolute atomic E-state index is 0.115. The van der Waals surface area contributed by atoms with Gasteiger partial charge >= 0.3 is 5.97 Å². The van der Waals surface area contributed by atoms with Crippen molar-refractivity contribution in [1.29, 1.82) is 0 Å². The number of carbonyl (C=O) groups is 2. The molecule has 1 amide bonds. The molecule has 0 spiro atoms. The van der Waals surface area contributed by atoms with E-state index < -0.39 is 32.9 Å². The maximum Gasteiger partial charge on any atom is 0.331 e. The Morgan fingerprint density at radius 3 is 2.18 bits per heavy atom. The number of nitrogens with zero attached hydrogens (tertiary/aromatic N) is 2. The molecule has 1 N–H and O–H groups in total. The number of anilines is 1. The average Bonchev–Trinajstić information content (AvgIpc) is 2.79. The molecule has 1 atom stereocenters. The van der Waals surface area contributed by atoms with E-state index in [2.05, 4.69) is 5.32 Å². The Bertz CT molecular complexity index is 1120. The van der Waals surface area contributed by atoms with Gasteiger partial charge in [0.1, 0.15) is 0 Å². The number of carbonyl (C=O) groups excluding carboxylic acids is 2. The SMILES string of the molecule is CCN(CC)S(=O)(=O)c1ccc(/C=C/C(=O)OC(C)C(=O)Nc2ccc([N+](=O)[O-])cc2)cc1. The third kappa shape index (κ3) is 6.96. The van der Waals surface area contributed by atoms with E-state index in [4.69, 9.17) is 4.74 Å². The number of hydrogen-bond donors (Lipinski definition) is 1. The summed E-state index contributed by atoms with van der Waals surface area (Å²) in [5.74, 6) is -1.36. The summed E-state index contributed by atoms with van der Waals surface area (Å²) in [4.78, 5) is 34.5. The van der Waals surface area contributed by atoms with Gasteiger partial charge in [-0.15, -0.1) is 0 Å². The first-order chi connectivity index (χ1) is 15.6. The van der Waals surface area contributed by atoms with E-state index in [9.17, 15) is 28.1 Å². The van der Waals surface area contributed by atoms with E-state index >= 15 is 0 Å². The molecule has 0 saturated carbocycles. The molecule has 10 nitrogen and oxygen atoms in total. The Morgan fingerprint density at radius 2 is 1.67 bits per heavy atom. The summed E-state index contributed by atoms with van der Waals surface area (Å²) in [5.41, 5.74) is 0.786. The van der Waals surface area contributed by atoms with Gasteiger partial charge in [0.15, 0.2) is 6.10 Å². The third-order valence-corrected chi connectivity index (χ3v) is 6.71. The van der Waals surface area contributed by atoms with Gasteiger partial charge in [0, 0.05) is 37.0 Å². The Morgan fingerprint density at radius 1 is 1.09 bits per heavy atom. The highest BCUT2D eigenvalue weighted by atomic mass is 32.2. The van der Waals surface area contributed by atoms with E-state index in [-0.39, 0.29) is 10.6 Å². The molecule has 2 aromatic carbocycles. The maximum atomic E-state index is 12.5. The molecule has 0 heterocycles. The standard InChI is InChI=1S/C22H25N3O7S/c1-4-24(5-2)33(30,31)20-13-6-17(7-14-20)8-15-21(26)32-16(3)22(27)23-18-9-11-19(12-10-18)25(28)29/h6-16H,4-5H2,1-3H3,(H,23,27)/b15-8+. The summed E-state index contributed by atoms with van der Waals surface area (Å²) in [7, 11) is -3.57. The predicted molar refractivity (Wildman–Crippen MR) is 123 cm³/mol. The molecule has 0 radical (unpaired) electrons. The van der Waals surface area contributed by atoms with Crippen LogP contribution in [0.5, 0.6) is 0 Å². The molecule has 0 aliphatic heterocycles. The average molecular weight is 476 g/mol. The van der Waals surface area contributed by atoms with Gasteiger partial charge < -0.3 is 10.1 Å². The minimum atomic E-state index is -3.57. The molecule has 176 valence electrons. The number of amides is 1. The zero-order valence-corrected chi connectivity index (χ0v) is 19.2. The third-order valence-electron chi connectivity index (χ3n) is 4.64. The molecule has 11 heteroatoms. The highest BCUT2D eigenvalue weighted by Gasteiger charge is 2.21. The fourth-order valence-electron chi connectivity index (χ4n) is 2.81. The van der Waals surface area contributed by atoms with Gasteiger partial charge in [-0.2, -0.15) is 4.31 Å². The number of nitro benzene ring substituents is 1. The van der Waals surface area contributed by atoms with E-state index in [0.717, 1.165) is 6.08 Å². The molecule has 0 saturated heterocycles. The van der Waals surface area contributed by atoms with Crippen molar-refractivity contribution in [2.24, 2.45) is 0 Å². The van der Waals surface area contributed by atoms with Crippen molar-refractivity contribution >= 4 is 39.4 Å². The molecule has 0 fully saturated rings. The number of rotatable bonds is 10. The van der Waals surface area contributed by atoms with Gasteiger partial charge in [-0.1, -0.05) is 26.0 Å². The summed E-state index contributed by atoms with van der Waals surface area (Å²) < 4.78 is 31.4. The van der Waals surface area contributed by atoms with Crippen LogP contribution in [0.15, 0.2) is 59.5 Å². The van der Waals surface area contributed by atoms with Crippen LogP contribution in [0.4, 0.5) is 11.4 Å². The first-order valence-corrected chi connectivity index (χ1v) is 11.6. The number of esters is 1. The first-order valence-electron chi connectivity index (χ1n) is 10.1. The number of sulfonamides is 1. The van der Waals surface area contributed by atoms with Crippen LogP contribution < -0.4 is 5.32 Å². The molecule has 33 heavy (non-hydrogen) atoms. The lowest BCUT2D eigenvalue weighted by Gasteiger charge is -2.18. The number of hydrogen-bond acceptors (Lipinski definition) is 7. The molecular formula is C22H25N3O7S. The quantitative estimate of drug-likeness (QED) is 0.241. The summed E-state index contributed by atoms with van der Waals surface area (Å²) in [6.07, 6.45) is 1.46. The summed E-state index contributed by atoms with van der Waals surface area (Å²) in [6, 6.07) is 11.3. The zero-order chi connectivity index (χ0) is 24.6. The van der Waals surface area contributed by atoms with Gasteiger partial charge in [0.25, 0.3) is 11.6 Å². The van der Waals surface area contributed by atoms with Crippen molar-refractivity contribution in [3.05, 3.63) is 70.3 Å². The smallest absolute Gasteiger partial charge is 0.331 e. The molecular weight excluding hydrogens is 450 g/mol. The van der Waals surface area contributed by atoms with Crippen molar-refractivity contribution < 1.29 is 27.7 Å². The molecule has 0 bridgehead atoms. The van der Waals surface area contributed by atoms with Crippen molar-refractivity contribution in [1.82, 2.24) is 4.31 Å². The first kappa shape index (κ1) is 25.7. The normalized spacial score (nSPS) is 12.5. The van der Waals surface area contributed by atoms with Crippen LogP contribution in [0, 0.1) is 10.1 Å². The van der Waals surface area contributed by atoms with Gasteiger partial charge in [0.2, 0.25) is 10.0 Å². The fraction of sp³-hybridized carbons (Fsp3) is 0.273. The van der Waals surface area contributed by atoms with Crippen molar-refractivity contribution in [2.45, 2.75) is 31.8 Å². The van der Waals surface area contributed by atoms with Crippen molar-refractivity contribution in [3.63, 3.8) is 0 Å². The van der Waals surface area contributed by atoms with E-state index in [1.54, 1.807) is 26.0 Å². The predicted octanol–water partition coefficient (Wildman–Crippen LogP) is 3.21. The Hall–Kier alpha value is -3.57. The molecule has 0 aromatic heterocycles. The van der Waals surface area contributed by atoms with E-state index in [1.165, 1.54) is 53.7 Å². The Labute approximate surface area is 192 Å². The largest absolute Gasteiger partial charge is 0.449 e. The number of nitro groups is 1. The van der Waals surface area contributed by atoms with Crippen LogP contribution in [-0.2, 0) is 24.3 Å². The summed E-state index contributed by atoms with van der Waals surface area (Å²) in [5, 5.41) is 13.2. The van der Waals surface area contributed by atoms with Gasteiger partial charge in [0.05, 0.1) is 9.82 Å². The minimum Gasteiger partial charge on any atom is -0.449 e. The monoisotopic (exact) mass is 475 g/mol. The van der Waals surface area contributed by atoms with Crippen LogP contribution >= 0.6 is 0 Å². The second kappa shape index (κ2) is 11.3. The number of benzene rings is 2. The maximum absolute atomic E-state index is 12.5. The number of ether oxygens (including phenoxy) is 1. The fourth-order valence-corrected chi connectivity index (χ4v) is 4.26. The zero-order valence-electron chi connectivity index (χ0n) is 18.4. The van der Waals surface area contributed by atoms with Crippen LogP contribution in [0.25, 0.3) is 6.08 Å². The second-order valence-electron chi connectivity index (χ2n) is 6.86. The van der Waals surface area contributed by atoms with Crippen LogP contribution in [0.2, 0.25) is 0 Å². The lowest BCUT2D eigenvalue weighted by Crippen LogP contribution is -2.30. The highest BCUT2D eigenvalue weighted by molar-refractivity contribution is 7.89. The van der Waals surface area contributed by atoms with Crippen molar-refractivity contribution in [2.75, 3.05) is 18.4 Å². The molecule has 0 aliphatic rings. The molecule has 2 aromatic rings. The lowest BCUT2D eigenvalue weighted by atomic mass is 10.2. The topological polar surface area (TPSA) is 136 Å². The van der Waals surface area contributed by atoms with Gasteiger partial charge in [-0.05, 0) is 42.8 Å². The lowest BCUT2D eigenvalue weighted by molar-refractivity contribution is -0.384. The van der Waals surface area contributed by atoms with Gasteiger partial charge in [-0.3, -0.25) is 14.9 Å². The van der Waals surface area contributed by atoms with Crippen molar-refractivity contribution in [3.8, 4) is 0 Å². The number of nitrogens with one attached hydrogen (secondary N) is 1. The second-order valence-corrected chi connectivity index (χ2v) is 8.80. The van der Waals surface area contributed by atoms with Crippen LogP contribution in [0.1, 0.15) is 26.3 Å². The summed E-state index contributed by atoms with van der Waals surface area (Å²) >= 11 is 0. The van der Waals surface area contributed by atoms with E-state index in [1.807, 2.05) is 0 Å². The molecule has 2 rings (SSSR count). The Kier molecular flexibility index (Phi) is 8.83. The highest BCUT2D eigenvalue weighted by Crippen LogP contribution is 2.17. The van der Waals surface area contributed by atoms with Crippen LogP contribution in [-0.4, -0.2) is 48.7 Å². The van der Waals surface area contributed by atoms with Gasteiger partial charge in [-0.25, -0.2) is 13.2 Å². The van der Waals surface area contributed by atoms with E-state index in [0.29, 0.717) is 24.3 Å². The summed E-state index contributed by atoms with van der Waals surface area (Å²) in [6.45, 7) is 5.64. The molecule has 1 unspecified atom stereocenters. The molecule has 0 aliphatic carbocycles.